The van der Waals surface area contributed by atoms with Crippen LogP contribution in [0.25, 0.3) is 111 Å². The lowest BCUT2D eigenvalue weighted by molar-refractivity contribution is 0.667. The van der Waals surface area contributed by atoms with Crippen LogP contribution in [0.1, 0.15) is 0 Å². The summed E-state index contributed by atoms with van der Waals surface area (Å²) in [6.45, 7) is 0. The number of rotatable bonds is 5. The van der Waals surface area contributed by atoms with Crippen LogP contribution in [0.4, 0.5) is 0 Å². The average molecular weight is 693 g/mol. The summed E-state index contributed by atoms with van der Waals surface area (Å²) < 4.78 is 13.1. The molecule has 6 nitrogen and oxygen atoms in total. The van der Waals surface area contributed by atoms with Gasteiger partial charge in [-0.05, 0) is 35.9 Å². The summed E-state index contributed by atoms with van der Waals surface area (Å²) in [5.74, 6) is 1.28. The Hall–Kier alpha value is -7.44. The van der Waals surface area contributed by atoms with Crippen molar-refractivity contribution in [3.63, 3.8) is 0 Å². The van der Waals surface area contributed by atoms with Crippen molar-refractivity contribution in [1.29, 1.82) is 0 Å². The summed E-state index contributed by atoms with van der Waals surface area (Å²) in [7, 11) is 0. The van der Waals surface area contributed by atoms with E-state index in [1.807, 2.05) is 91.0 Å². The molecule has 0 saturated heterocycles. The van der Waals surface area contributed by atoms with E-state index in [0.717, 1.165) is 94.1 Å². The van der Waals surface area contributed by atoms with E-state index in [2.05, 4.69) is 78.9 Å². The Bertz CT molecular complexity index is 3220. The van der Waals surface area contributed by atoms with Gasteiger partial charge in [0.25, 0.3) is 0 Å². The van der Waals surface area contributed by atoms with Crippen LogP contribution in [0.3, 0.4) is 0 Å². The van der Waals surface area contributed by atoms with Crippen LogP contribution < -0.4 is 0 Å². The number of para-hydroxylation sites is 3. The molecule has 4 heterocycles. The molecule has 0 fully saturated rings. The predicted octanol–water partition coefficient (Wildman–Crippen LogP) is 12.6. The van der Waals surface area contributed by atoms with Crippen LogP contribution >= 0.6 is 0 Å². The number of fused-ring (bicyclic) bond motifs is 7. The van der Waals surface area contributed by atoms with E-state index < -0.39 is 0 Å². The SMILES string of the molecule is c1ccc(-c2nc(-c3cccc4oc5c(-c6cccc(-c7nc(-c8ccccc8)c8oc9ccccc9c8n7)c6)cccc5c34)nc3ccccc23)cc1. The van der Waals surface area contributed by atoms with Gasteiger partial charge in [0.05, 0.1) is 11.2 Å². The zero-order chi connectivity index (χ0) is 35.6. The number of hydrogen-bond acceptors (Lipinski definition) is 6. The first-order valence-electron chi connectivity index (χ1n) is 17.9. The number of furan rings is 2. The zero-order valence-electron chi connectivity index (χ0n) is 28.8. The summed E-state index contributed by atoms with van der Waals surface area (Å²) in [4.78, 5) is 20.5. The van der Waals surface area contributed by atoms with E-state index in [1.54, 1.807) is 0 Å². The molecule has 0 bridgehead atoms. The normalized spacial score (nSPS) is 11.7. The van der Waals surface area contributed by atoms with Gasteiger partial charge in [0.2, 0.25) is 0 Å². The molecule has 0 atom stereocenters. The monoisotopic (exact) mass is 692 g/mol. The minimum atomic E-state index is 0.622. The molecule has 4 aromatic heterocycles. The van der Waals surface area contributed by atoms with Gasteiger partial charge in [-0.3, -0.25) is 0 Å². The van der Waals surface area contributed by atoms with Crippen LogP contribution in [0.15, 0.2) is 179 Å². The first kappa shape index (κ1) is 30.2. The fourth-order valence-corrected chi connectivity index (χ4v) is 7.61. The molecule has 11 aromatic rings. The third-order valence-electron chi connectivity index (χ3n) is 10.1. The van der Waals surface area contributed by atoms with Gasteiger partial charge in [0, 0.05) is 49.4 Å². The van der Waals surface area contributed by atoms with Crippen molar-refractivity contribution >= 4 is 54.9 Å². The van der Waals surface area contributed by atoms with Gasteiger partial charge in [0.1, 0.15) is 28.0 Å². The minimum Gasteiger partial charge on any atom is -0.455 e. The topological polar surface area (TPSA) is 77.8 Å². The van der Waals surface area contributed by atoms with E-state index in [-0.39, 0.29) is 0 Å². The number of benzene rings is 7. The highest BCUT2D eigenvalue weighted by atomic mass is 16.3. The Kier molecular flexibility index (Phi) is 6.75. The fourth-order valence-electron chi connectivity index (χ4n) is 7.61. The third kappa shape index (κ3) is 4.81. The highest BCUT2D eigenvalue weighted by Gasteiger charge is 2.21. The molecular formula is C48H28N4O2. The molecule has 252 valence electrons. The Morgan fingerprint density at radius 2 is 0.944 bits per heavy atom. The van der Waals surface area contributed by atoms with Crippen molar-refractivity contribution in [2.75, 3.05) is 0 Å². The Balaban J connectivity index is 1.08. The van der Waals surface area contributed by atoms with Crippen LogP contribution in [-0.4, -0.2) is 19.9 Å². The summed E-state index contributed by atoms with van der Waals surface area (Å²) in [6.07, 6.45) is 0. The molecule has 0 unspecified atom stereocenters. The molecule has 0 aliphatic heterocycles. The van der Waals surface area contributed by atoms with E-state index in [1.165, 1.54) is 0 Å². The number of aromatic nitrogens is 4. The lowest BCUT2D eigenvalue weighted by atomic mass is 9.98. The van der Waals surface area contributed by atoms with Crippen molar-refractivity contribution in [3.05, 3.63) is 170 Å². The number of hydrogen-bond donors (Lipinski definition) is 0. The molecule has 0 radical (unpaired) electrons. The van der Waals surface area contributed by atoms with E-state index >= 15 is 0 Å². The number of nitrogens with zero attached hydrogens (tertiary/aromatic N) is 4. The zero-order valence-corrected chi connectivity index (χ0v) is 28.8. The Morgan fingerprint density at radius 3 is 1.80 bits per heavy atom. The average Bonchev–Trinajstić information content (AvgIpc) is 3.82. The molecule has 0 aliphatic rings. The van der Waals surface area contributed by atoms with Gasteiger partial charge in [-0.2, -0.15) is 0 Å². The predicted molar refractivity (Wildman–Crippen MR) is 217 cm³/mol. The van der Waals surface area contributed by atoms with E-state index in [4.69, 9.17) is 28.8 Å². The Morgan fingerprint density at radius 1 is 0.352 bits per heavy atom. The first-order valence-corrected chi connectivity index (χ1v) is 17.9. The van der Waals surface area contributed by atoms with Gasteiger partial charge < -0.3 is 8.83 Å². The largest absolute Gasteiger partial charge is 0.455 e. The van der Waals surface area contributed by atoms with Crippen LogP contribution in [0, 0.1) is 0 Å². The summed E-state index contributed by atoms with van der Waals surface area (Å²) >= 11 is 0. The van der Waals surface area contributed by atoms with Gasteiger partial charge in [-0.1, -0.05) is 140 Å². The smallest absolute Gasteiger partial charge is 0.180 e. The maximum atomic E-state index is 6.72. The highest BCUT2D eigenvalue weighted by molar-refractivity contribution is 6.15. The van der Waals surface area contributed by atoms with E-state index in [9.17, 15) is 0 Å². The molecule has 0 saturated carbocycles. The highest BCUT2D eigenvalue weighted by Crippen LogP contribution is 2.42. The van der Waals surface area contributed by atoms with Gasteiger partial charge in [0.15, 0.2) is 17.2 Å². The lowest BCUT2D eigenvalue weighted by Gasteiger charge is -2.10. The van der Waals surface area contributed by atoms with Crippen LogP contribution in [0.5, 0.6) is 0 Å². The fraction of sp³-hybridized carbons (Fsp3) is 0. The molecule has 11 rings (SSSR count). The van der Waals surface area contributed by atoms with E-state index in [0.29, 0.717) is 17.2 Å². The molecule has 7 aromatic carbocycles. The molecule has 0 spiro atoms. The first-order chi connectivity index (χ1) is 26.8. The molecular weight excluding hydrogens is 665 g/mol. The maximum Gasteiger partial charge on any atom is 0.180 e. The van der Waals surface area contributed by atoms with Gasteiger partial charge in [-0.25, -0.2) is 19.9 Å². The molecule has 0 amide bonds. The van der Waals surface area contributed by atoms with Crippen molar-refractivity contribution in [2.45, 2.75) is 0 Å². The van der Waals surface area contributed by atoms with Crippen LogP contribution in [0.2, 0.25) is 0 Å². The van der Waals surface area contributed by atoms with Crippen molar-refractivity contribution < 1.29 is 8.83 Å². The maximum absolute atomic E-state index is 6.72. The second kappa shape index (κ2) is 12.1. The molecule has 6 heteroatoms. The Labute approximate surface area is 309 Å². The standard InChI is InChI=1S/C48H28N4O2/c1-3-14-29(15-4-1)42-34-20-7-9-25-38(34)49-48(50-42)37-24-13-27-40-41(37)36-23-12-22-33(45(36)54-40)31-18-11-19-32(28-31)47-51-43(30-16-5-2-6-17-30)46-44(52-47)35-21-8-10-26-39(35)53-46/h1-28H. The van der Waals surface area contributed by atoms with Crippen molar-refractivity contribution in [3.8, 4) is 56.4 Å². The summed E-state index contributed by atoms with van der Waals surface area (Å²) in [6, 6.07) is 57.4. The lowest BCUT2D eigenvalue weighted by Crippen LogP contribution is -1.95. The van der Waals surface area contributed by atoms with Gasteiger partial charge in [-0.15, -0.1) is 0 Å². The van der Waals surface area contributed by atoms with Gasteiger partial charge >= 0.3 is 0 Å². The molecule has 0 aliphatic carbocycles. The van der Waals surface area contributed by atoms with Crippen LogP contribution in [-0.2, 0) is 0 Å². The van der Waals surface area contributed by atoms with Crippen molar-refractivity contribution in [1.82, 2.24) is 19.9 Å². The van der Waals surface area contributed by atoms with Crippen molar-refractivity contribution in [2.24, 2.45) is 0 Å². The quantitative estimate of drug-likeness (QED) is 0.179. The second-order valence-corrected chi connectivity index (χ2v) is 13.4. The second-order valence-electron chi connectivity index (χ2n) is 13.4. The molecule has 54 heavy (non-hydrogen) atoms. The summed E-state index contributed by atoms with van der Waals surface area (Å²) in [5, 5.41) is 3.95. The molecule has 0 N–H and O–H groups in total. The third-order valence-corrected chi connectivity index (χ3v) is 10.1. The minimum absolute atomic E-state index is 0.622. The summed E-state index contributed by atoms with van der Waals surface area (Å²) in [5.41, 5.74) is 12.2.